The van der Waals surface area contributed by atoms with E-state index >= 15 is 0 Å². The first-order valence-corrected chi connectivity index (χ1v) is 6.67. The molecule has 2 nitrogen and oxygen atoms in total. The minimum atomic E-state index is -0.0723. The van der Waals surface area contributed by atoms with E-state index in [4.69, 9.17) is 0 Å². The molecule has 2 aromatic carbocycles. The summed E-state index contributed by atoms with van der Waals surface area (Å²) in [5, 5.41) is 2.90. The van der Waals surface area contributed by atoms with E-state index in [1.807, 2.05) is 42.5 Å². The molecule has 0 heterocycles. The normalized spacial score (nSPS) is 11.9. The van der Waals surface area contributed by atoms with Crippen LogP contribution in [0, 0.1) is 0 Å². The van der Waals surface area contributed by atoms with Crippen molar-refractivity contribution in [2.75, 3.05) is 5.32 Å². The van der Waals surface area contributed by atoms with Gasteiger partial charge < -0.3 is 5.32 Å². The van der Waals surface area contributed by atoms with Crippen LogP contribution in [0.25, 0.3) is 0 Å². The first-order valence-electron chi connectivity index (χ1n) is 6.67. The van der Waals surface area contributed by atoms with Crippen LogP contribution in [-0.2, 0) is 0 Å². The molecule has 0 saturated carbocycles. The Morgan fingerprint density at radius 3 is 2.26 bits per heavy atom. The number of hydrogen-bond acceptors (Lipinski definition) is 1. The van der Waals surface area contributed by atoms with Gasteiger partial charge in [-0.05, 0) is 42.2 Å². The molecule has 0 bridgehead atoms. The Morgan fingerprint density at radius 2 is 1.68 bits per heavy atom. The molecule has 2 heteroatoms. The summed E-state index contributed by atoms with van der Waals surface area (Å²) >= 11 is 0. The molecule has 2 aromatic rings. The Labute approximate surface area is 114 Å². The molecule has 0 aromatic heterocycles. The maximum atomic E-state index is 12.0. The van der Waals surface area contributed by atoms with Crippen LogP contribution in [0.4, 0.5) is 5.69 Å². The fourth-order valence-corrected chi connectivity index (χ4v) is 1.92. The topological polar surface area (TPSA) is 29.1 Å². The molecule has 0 aliphatic heterocycles. The van der Waals surface area contributed by atoms with E-state index in [9.17, 15) is 4.79 Å². The maximum Gasteiger partial charge on any atom is 0.255 e. The fourth-order valence-electron chi connectivity index (χ4n) is 1.92. The molecule has 0 unspecified atom stereocenters. The third-order valence-electron chi connectivity index (χ3n) is 3.39. The molecule has 0 spiro atoms. The summed E-state index contributed by atoms with van der Waals surface area (Å²) in [6.07, 6.45) is 1.12. The number of rotatable bonds is 4. The van der Waals surface area contributed by atoms with Crippen molar-refractivity contribution in [3.63, 3.8) is 0 Å². The zero-order valence-electron chi connectivity index (χ0n) is 11.4. The van der Waals surface area contributed by atoms with Crippen molar-refractivity contribution in [1.29, 1.82) is 0 Å². The van der Waals surface area contributed by atoms with Gasteiger partial charge in [0.25, 0.3) is 5.91 Å². The van der Waals surface area contributed by atoms with Gasteiger partial charge in [0.05, 0.1) is 0 Å². The monoisotopic (exact) mass is 253 g/mol. The van der Waals surface area contributed by atoms with E-state index in [1.54, 1.807) is 0 Å². The highest BCUT2D eigenvalue weighted by Gasteiger charge is 2.06. The second kappa shape index (κ2) is 6.19. The Morgan fingerprint density at radius 1 is 1.05 bits per heavy atom. The van der Waals surface area contributed by atoms with Crippen LogP contribution in [-0.4, -0.2) is 5.91 Å². The van der Waals surface area contributed by atoms with Crippen LogP contribution in [0.15, 0.2) is 54.6 Å². The Kier molecular flexibility index (Phi) is 4.35. The van der Waals surface area contributed by atoms with E-state index in [0.717, 1.165) is 12.1 Å². The van der Waals surface area contributed by atoms with Crippen molar-refractivity contribution in [1.82, 2.24) is 0 Å². The number of amides is 1. The first-order chi connectivity index (χ1) is 9.20. The van der Waals surface area contributed by atoms with E-state index in [0.29, 0.717) is 11.5 Å². The molecule has 0 fully saturated rings. The summed E-state index contributed by atoms with van der Waals surface area (Å²) in [7, 11) is 0. The number of anilines is 1. The summed E-state index contributed by atoms with van der Waals surface area (Å²) in [6.45, 7) is 4.38. The standard InChI is InChI=1S/C17H19NO/c1-3-13(2)14-9-11-16(12-10-14)18-17(19)15-7-5-4-6-8-15/h4-13H,3H2,1-2H3,(H,18,19)/t13-/m0/s1. The average Bonchev–Trinajstić information content (AvgIpc) is 2.48. The summed E-state index contributed by atoms with van der Waals surface area (Å²) < 4.78 is 0. The van der Waals surface area contributed by atoms with Gasteiger partial charge in [-0.3, -0.25) is 4.79 Å². The van der Waals surface area contributed by atoms with Gasteiger partial charge in [-0.15, -0.1) is 0 Å². The van der Waals surface area contributed by atoms with E-state index in [2.05, 4.69) is 31.3 Å². The van der Waals surface area contributed by atoms with Gasteiger partial charge >= 0.3 is 0 Å². The zero-order chi connectivity index (χ0) is 13.7. The largest absolute Gasteiger partial charge is 0.322 e. The van der Waals surface area contributed by atoms with Gasteiger partial charge in [-0.25, -0.2) is 0 Å². The van der Waals surface area contributed by atoms with Gasteiger partial charge in [0, 0.05) is 11.3 Å². The minimum Gasteiger partial charge on any atom is -0.322 e. The average molecular weight is 253 g/mol. The number of carbonyl (C=O) groups excluding carboxylic acids is 1. The Hall–Kier alpha value is -2.09. The molecule has 0 saturated heterocycles. The number of nitrogens with one attached hydrogen (secondary N) is 1. The molecular weight excluding hydrogens is 234 g/mol. The summed E-state index contributed by atoms with van der Waals surface area (Å²) in [5.41, 5.74) is 2.81. The molecule has 1 atom stereocenters. The predicted molar refractivity (Wildman–Crippen MR) is 79.5 cm³/mol. The summed E-state index contributed by atoms with van der Waals surface area (Å²) in [6, 6.07) is 17.3. The van der Waals surface area contributed by atoms with Crippen LogP contribution in [0.5, 0.6) is 0 Å². The van der Waals surface area contributed by atoms with Gasteiger partial charge in [-0.1, -0.05) is 44.2 Å². The van der Waals surface area contributed by atoms with Crippen LogP contribution >= 0.6 is 0 Å². The van der Waals surface area contributed by atoms with Crippen LogP contribution in [0.1, 0.15) is 42.1 Å². The Bertz CT molecular complexity index is 531. The minimum absolute atomic E-state index is 0.0723. The highest BCUT2D eigenvalue weighted by atomic mass is 16.1. The van der Waals surface area contributed by atoms with Gasteiger partial charge in [0.2, 0.25) is 0 Å². The second-order valence-corrected chi connectivity index (χ2v) is 4.75. The first kappa shape index (κ1) is 13.3. The lowest BCUT2D eigenvalue weighted by molar-refractivity contribution is 0.102. The molecule has 0 aliphatic rings. The van der Waals surface area contributed by atoms with Crippen molar-refractivity contribution < 1.29 is 4.79 Å². The number of carbonyl (C=O) groups is 1. The molecule has 1 N–H and O–H groups in total. The predicted octanol–water partition coefficient (Wildman–Crippen LogP) is 4.45. The van der Waals surface area contributed by atoms with E-state index < -0.39 is 0 Å². The molecule has 1 amide bonds. The summed E-state index contributed by atoms with van der Waals surface area (Å²) in [5.74, 6) is 0.482. The van der Waals surface area contributed by atoms with Crippen molar-refractivity contribution in [2.45, 2.75) is 26.2 Å². The van der Waals surface area contributed by atoms with Crippen molar-refractivity contribution in [3.8, 4) is 0 Å². The molecule has 0 radical (unpaired) electrons. The SMILES string of the molecule is CC[C@H](C)c1ccc(NC(=O)c2ccccc2)cc1. The van der Waals surface area contributed by atoms with Crippen molar-refractivity contribution >= 4 is 11.6 Å². The summed E-state index contributed by atoms with van der Waals surface area (Å²) in [4.78, 5) is 12.0. The third-order valence-corrected chi connectivity index (χ3v) is 3.39. The molecule has 0 aliphatic carbocycles. The van der Waals surface area contributed by atoms with Gasteiger partial charge in [0.15, 0.2) is 0 Å². The Balaban J connectivity index is 2.06. The quantitative estimate of drug-likeness (QED) is 0.856. The molecular formula is C17H19NO. The lowest BCUT2D eigenvalue weighted by atomic mass is 9.98. The van der Waals surface area contributed by atoms with E-state index in [-0.39, 0.29) is 5.91 Å². The molecule has 19 heavy (non-hydrogen) atoms. The third kappa shape index (κ3) is 3.44. The number of benzene rings is 2. The van der Waals surface area contributed by atoms with Gasteiger partial charge in [-0.2, -0.15) is 0 Å². The van der Waals surface area contributed by atoms with Crippen LogP contribution in [0.3, 0.4) is 0 Å². The second-order valence-electron chi connectivity index (χ2n) is 4.75. The molecule has 2 rings (SSSR count). The highest BCUT2D eigenvalue weighted by molar-refractivity contribution is 6.04. The number of hydrogen-bond donors (Lipinski definition) is 1. The van der Waals surface area contributed by atoms with E-state index in [1.165, 1.54) is 5.56 Å². The smallest absolute Gasteiger partial charge is 0.255 e. The van der Waals surface area contributed by atoms with Gasteiger partial charge in [0.1, 0.15) is 0 Å². The fraction of sp³-hybridized carbons (Fsp3) is 0.235. The van der Waals surface area contributed by atoms with Crippen molar-refractivity contribution in [2.24, 2.45) is 0 Å². The van der Waals surface area contributed by atoms with Crippen LogP contribution in [0.2, 0.25) is 0 Å². The highest BCUT2D eigenvalue weighted by Crippen LogP contribution is 2.20. The lowest BCUT2D eigenvalue weighted by Gasteiger charge is -2.10. The van der Waals surface area contributed by atoms with Crippen molar-refractivity contribution in [3.05, 3.63) is 65.7 Å². The maximum absolute atomic E-state index is 12.0. The molecule has 98 valence electrons. The van der Waals surface area contributed by atoms with Crippen LogP contribution < -0.4 is 5.32 Å². The lowest BCUT2D eigenvalue weighted by Crippen LogP contribution is -2.11. The zero-order valence-corrected chi connectivity index (χ0v) is 11.4.